The van der Waals surface area contributed by atoms with Crippen LogP contribution in [0.1, 0.15) is 26.6 Å². The van der Waals surface area contributed by atoms with Crippen molar-refractivity contribution in [2.24, 2.45) is 7.05 Å². The number of nitrogens with one attached hydrogen (secondary N) is 2. The molecule has 0 aliphatic rings. The van der Waals surface area contributed by atoms with E-state index in [1.807, 2.05) is 6.07 Å². The van der Waals surface area contributed by atoms with Crippen LogP contribution >= 0.6 is 45.9 Å². The Morgan fingerprint density at radius 3 is 2.69 bits per heavy atom. The first-order valence-corrected chi connectivity index (χ1v) is 10.9. The largest absolute Gasteiger partial charge is 0.336 e. The van der Waals surface area contributed by atoms with Gasteiger partial charge in [-0.15, -0.1) is 22.7 Å². The van der Waals surface area contributed by atoms with Gasteiger partial charge in [0.2, 0.25) is 0 Å². The third-order valence-corrected chi connectivity index (χ3v) is 6.41. The third-order valence-electron chi connectivity index (χ3n) is 3.94. The van der Waals surface area contributed by atoms with Crippen LogP contribution < -0.4 is 10.6 Å². The topological polar surface area (TPSA) is 92.2 Å². The second kappa shape index (κ2) is 9.12. The number of hydrogen-bond acceptors (Lipinski definition) is 6. The summed E-state index contributed by atoms with van der Waals surface area (Å²) >= 11 is 14.7. The lowest BCUT2D eigenvalue weighted by molar-refractivity contribution is 0.0783. The Hall–Kier alpha value is -2.14. The number of amides is 3. The van der Waals surface area contributed by atoms with Gasteiger partial charge in [-0.25, -0.2) is 9.78 Å². The maximum atomic E-state index is 12.7. The van der Waals surface area contributed by atoms with Crippen molar-refractivity contribution in [3.05, 3.63) is 48.8 Å². The number of thiazole rings is 1. The average Bonchev–Trinajstić information content (AvgIpc) is 3.34. The molecule has 0 unspecified atom stereocenters. The molecule has 2 N–H and O–H groups in total. The molecule has 0 bridgehead atoms. The molecule has 0 atom stereocenters. The van der Waals surface area contributed by atoms with Gasteiger partial charge in [-0.3, -0.25) is 14.8 Å². The predicted octanol–water partition coefficient (Wildman–Crippen LogP) is 4.15. The monoisotopic (exact) mass is 472 g/mol. The zero-order valence-electron chi connectivity index (χ0n) is 15.8. The summed E-state index contributed by atoms with van der Waals surface area (Å²) in [4.78, 5) is 31.5. The highest BCUT2D eigenvalue weighted by atomic mass is 35.5. The quantitative estimate of drug-likeness (QED) is 0.563. The van der Waals surface area contributed by atoms with E-state index >= 15 is 0 Å². The Bertz CT molecular complexity index is 1040. The third kappa shape index (κ3) is 5.27. The van der Waals surface area contributed by atoms with E-state index in [0.29, 0.717) is 38.1 Å². The zero-order valence-corrected chi connectivity index (χ0v) is 19.0. The Kier molecular flexibility index (Phi) is 6.78. The highest BCUT2D eigenvalue weighted by Gasteiger charge is 2.22. The van der Waals surface area contributed by atoms with E-state index in [4.69, 9.17) is 23.2 Å². The van der Waals surface area contributed by atoms with Crippen LogP contribution in [0.15, 0.2) is 17.5 Å². The van der Waals surface area contributed by atoms with Crippen molar-refractivity contribution in [1.82, 2.24) is 25.0 Å². The first kappa shape index (κ1) is 21.6. The van der Waals surface area contributed by atoms with Crippen LogP contribution in [0, 0.1) is 6.92 Å². The van der Waals surface area contributed by atoms with Gasteiger partial charge < -0.3 is 10.2 Å². The van der Waals surface area contributed by atoms with Crippen LogP contribution in [0.3, 0.4) is 0 Å². The molecule has 0 spiro atoms. The number of carbonyl (C=O) groups is 2. The number of aryl methyl sites for hydroxylation is 2. The molecule has 0 saturated heterocycles. The number of hydrogen-bond donors (Lipinski definition) is 2. The van der Waals surface area contributed by atoms with E-state index in [-0.39, 0.29) is 18.5 Å². The first-order chi connectivity index (χ1) is 13.7. The summed E-state index contributed by atoms with van der Waals surface area (Å²) in [6.07, 6.45) is 0. The molecule has 0 aromatic carbocycles. The standard InChI is InChI=1S/C17H18Cl2N6O2S2/c1-9-13(14(19)25(3)23-9)15(26)24(2)7-10-8-28-17(21-10)22-16(27)20-6-11-4-5-12(18)29-11/h4-5,8H,6-7H2,1-3H3,(H2,20,21,22,27). The Labute approximate surface area is 185 Å². The van der Waals surface area contributed by atoms with Crippen molar-refractivity contribution >= 4 is 62.9 Å². The molecular formula is C17H18Cl2N6O2S2. The molecule has 3 aromatic heterocycles. The summed E-state index contributed by atoms with van der Waals surface area (Å²) in [5.41, 5.74) is 1.60. The number of carbonyl (C=O) groups excluding carboxylic acids is 2. The van der Waals surface area contributed by atoms with E-state index in [9.17, 15) is 9.59 Å². The van der Waals surface area contributed by atoms with Crippen molar-refractivity contribution in [1.29, 1.82) is 0 Å². The molecule has 3 aromatic rings. The van der Waals surface area contributed by atoms with E-state index in [1.54, 1.807) is 32.5 Å². The van der Waals surface area contributed by atoms with Gasteiger partial charge in [0, 0.05) is 24.4 Å². The molecule has 3 heterocycles. The average molecular weight is 473 g/mol. The van der Waals surface area contributed by atoms with E-state index in [0.717, 1.165) is 4.88 Å². The number of thiophene rings is 1. The summed E-state index contributed by atoms with van der Waals surface area (Å²) in [5.74, 6) is -0.240. The highest BCUT2D eigenvalue weighted by Crippen LogP contribution is 2.23. The van der Waals surface area contributed by atoms with Crippen molar-refractivity contribution in [2.75, 3.05) is 12.4 Å². The minimum Gasteiger partial charge on any atom is -0.336 e. The number of urea groups is 1. The lowest BCUT2D eigenvalue weighted by Crippen LogP contribution is -2.28. The van der Waals surface area contributed by atoms with Gasteiger partial charge in [-0.2, -0.15) is 5.10 Å². The number of anilines is 1. The first-order valence-electron chi connectivity index (χ1n) is 8.42. The van der Waals surface area contributed by atoms with Gasteiger partial charge >= 0.3 is 6.03 Å². The molecule has 0 fully saturated rings. The SMILES string of the molecule is Cc1nn(C)c(Cl)c1C(=O)N(C)Cc1csc(NC(=O)NCc2ccc(Cl)s2)n1. The highest BCUT2D eigenvalue weighted by molar-refractivity contribution is 7.16. The van der Waals surface area contributed by atoms with Gasteiger partial charge in [0.25, 0.3) is 5.91 Å². The van der Waals surface area contributed by atoms with E-state index < -0.39 is 0 Å². The summed E-state index contributed by atoms with van der Waals surface area (Å²) < 4.78 is 2.14. The van der Waals surface area contributed by atoms with Crippen LogP contribution in [-0.2, 0) is 20.1 Å². The van der Waals surface area contributed by atoms with Crippen LogP contribution in [0.5, 0.6) is 0 Å². The van der Waals surface area contributed by atoms with Crippen molar-refractivity contribution in [3.63, 3.8) is 0 Å². The fourth-order valence-electron chi connectivity index (χ4n) is 2.57. The lowest BCUT2D eigenvalue weighted by atomic mass is 10.2. The van der Waals surface area contributed by atoms with Gasteiger partial charge in [0.1, 0.15) is 5.15 Å². The molecule has 0 radical (unpaired) electrons. The summed E-state index contributed by atoms with van der Waals surface area (Å²) in [6, 6.07) is 3.28. The number of nitrogens with zero attached hydrogens (tertiary/aromatic N) is 4. The van der Waals surface area contributed by atoms with Crippen LogP contribution in [0.25, 0.3) is 0 Å². The van der Waals surface area contributed by atoms with Gasteiger partial charge in [-0.05, 0) is 19.1 Å². The smallest absolute Gasteiger partial charge is 0.321 e. The maximum absolute atomic E-state index is 12.7. The molecule has 154 valence electrons. The molecule has 0 aliphatic heterocycles. The Morgan fingerprint density at radius 2 is 2.07 bits per heavy atom. The second-order valence-electron chi connectivity index (χ2n) is 6.19. The normalized spacial score (nSPS) is 10.8. The molecule has 29 heavy (non-hydrogen) atoms. The maximum Gasteiger partial charge on any atom is 0.321 e. The van der Waals surface area contributed by atoms with E-state index in [2.05, 4.69) is 20.7 Å². The molecular weight excluding hydrogens is 455 g/mol. The van der Waals surface area contributed by atoms with E-state index in [1.165, 1.54) is 32.3 Å². The number of halogens is 2. The predicted molar refractivity (Wildman–Crippen MR) is 116 cm³/mol. The minimum absolute atomic E-state index is 0.240. The fourth-order valence-corrected chi connectivity index (χ4v) is 4.55. The van der Waals surface area contributed by atoms with Gasteiger partial charge in [0.05, 0.1) is 34.4 Å². The van der Waals surface area contributed by atoms with Crippen molar-refractivity contribution in [3.8, 4) is 0 Å². The summed E-state index contributed by atoms with van der Waals surface area (Å²) in [6.45, 7) is 2.39. The Balaban J connectivity index is 1.55. The molecule has 0 saturated carbocycles. The summed E-state index contributed by atoms with van der Waals surface area (Å²) in [5, 5.41) is 12.1. The van der Waals surface area contributed by atoms with Gasteiger partial charge in [-0.1, -0.05) is 23.2 Å². The molecule has 0 aliphatic carbocycles. The zero-order chi connectivity index (χ0) is 21.1. The van der Waals surface area contributed by atoms with Gasteiger partial charge in [0.15, 0.2) is 5.13 Å². The fraction of sp³-hybridized carbons (Fsp3) is 0.294. The summed E-state index contributed by atoms with van der Waals surface area (Å²) in [7, 11) is 3.35. The van der Waals surface area contributed by atoms with Crippen LogP contribution in [0.4, 0.5) is 9.93 Å². The van der Waals surface area contributed by atoms with Crippen LogP contribution in [-0.4, -0.2) is 38.7 Å². The second-order valence-corrected chi connectivity index (χ2v) is 9.21. The molecule has 8 nitrogen and oxygen atoms in total. The molecule has 12 heteroatoms. The lowest BCUT2D eigenvalue weighted by Gasteiger charge is -2.15. The van der Waals surface area contributed by atoms with Crippen molar-refractivity contribution < 1.29 is 9.59 Å². The minimum atomic E-state index is -0.363. The Morgan fingerprint density at radius 1 is 1.31 bits per heavy atom. The van der Waals surface area contributed by atoms with Crippen molar-refractivity contribution in [2.45, 2.75) is 20.0 Å². The van der Waals surface area contributed by atoms with Crippen LogP contribution in [0.2, 0.25) is 9.49 Å². The number of rotatable bonds is 6. The molecule has 3 rings (SSSR count). The number of aromatic nitrogens is 3. The molecule has 3 amide bonds.